The van der Waals surface area contributed by atoms with Gasteiger partial charge in [0.2, 0.25) is 0 Å². The van der Waals surface area contributed by atoms with Gasteiger partial charge >= 0.3 is 0 Å². The summed E-state index contributed by atoms with van der Waals surface area (Å²) < 4.78 is 11.8. The maximum absolute atomic E-state index is 9.60. The van der Waals surface area contributed by atoms with Crippen LogP contribution in [0.1, 0.15) is 5.69 Å². The van der Waals surface area contributed by atoms with E-state index in [0.717, 1.165) is 5.69 Å². The first-order valence-corrected chi connectivity index (χ1v) is 5.66. The number of ether oxygens (including phenoxy) is 2. The van der Waals surface area contributed by atoms with Crippen LogP contribution in [0.2, 0.25) is 0 Å². The van der Waals surface area contributed by atoms with Crippen molar-refractivity contribution in [1.29, 1.82) is 0 Å². The van der Waals surface area contributed by atoms with E-state index in [1.54, 1.807) is 18.0 Å². The molecule has 1 aromatic heterocycles. The minimum Gasteiger partial charge on any atom is -0.389 e. The Hall–Kier alpha value is -0.950. The van der Waals surface area contributed by atoms with Crippen molar-refractivity contribution in [2.24, 2.45) is 7.05 Å². The predicted octanol–water partition coefficient (Wildman–Crippen LogP) is -0.466. The molecule has 6 nitrogen and oxygen atoms in total. The summed E-state index contributed by atoms with van der Waals surface area (Å²) in [4.78, 5) is 0. The number of rotatable bonds is 9. The smallest absolute Gasteiger partial charge is 0.0897 e. The summed E-state index contributed by atoms with van der Waals surface area (Å²) in [5, 5.41) is 16.8. The summed E-state index contributed by atoms with van der Waals surface area (Å²) in [5.74, 6) is 0. The normalized spacial score (nSPS) is 12.9. The fourth-order valence-corrected chi connectivity index (χ4v) is 1.36. The van der Waals surface area contributed by atoms with E-state index < -0.39 is 6.10 Å². The molecule has 1 unspecified atom stereocenters. The van der Waals surface area contributed by atoms with Gasteiger partial charge in [0.15, 0.2) is 0 Å². The van der Waals surface area contributed by atoms with Gasteiger partial charge in [0.05, 0.1) is 31.6 Å². The van der Waals surface area contributed by atoms with Crippen molar-refractivity contribution < 1.29 is 14.6 Å². The van der Waals surface area contributed by atoms with E-state index in [2.05, 4.69) is 10.4 Å². The molecule has 98 valence electrons. The molecule has 0 amide bonds. The molecular formula is C11H21N3O3. The Bertz CT molecular complexity index is 304. The van der Waals surface area contributed by atoms with Crippen LogP contribution in [-0.4, -0.2) is 54.5 Å². The average Bonchev–Trinajstić information content (AvgIpc) is 2.71. The summed E-state index contributed by atoms with van der Waals surface area (Å²) in [7, 11) is 3.51. The topological polar surface area (TPSA) is 68.5 Å². The van der Waals surface area contributed by atoms with Gasteiger partial charge < -0.3 is 19.9 Å². The Kier molecular flexibility index (Phi) is 6.80. The first-order chi connectivity index (χ1) is 8.24. The molecule has 0 fully saturated rings. The molecule has 1 rings (SSSR count). The minimum absolute atomic E-state index is 0.321. The lowest BCUT2D eigenvalue weighted by Gasteiger charge is -2.12. The maximum Gasteiger partial charge on any atom is 0.0897 e. The number of methoxy groups -OCH3 is 1. The first-order valence-electron chi connectivity index (χ1n) is 5.66. The molecule has 17 heavy (non-hydrogen) atoms. The maximum atomic E-state index is 9.60. The van der Waals surface area contributed by atoms with E-state index in [1.165, 1.54) is 0 Å². The van der Waals surface area contributed by atoms with Crippen molar-refractivity contribution in [2.75, 3.05) is 33.5 Å². The summed E-state index contributed by atoms with van der Waals surface area (Å²) in [5.41, 5.74) is 1.08. The van der Waals surface area contributed by atoms with E-state index in [1.807, 2.05) is 13.1 Å². The van der Waals surface area contributed by atoms with Gasteiger partial charge in [0.1, 0.15) is 0 Å². The third-order valence-corrected chi connectivity index (χ3v) is 2.35. The molecule has 0 spiro atoms. The van der Waals surface area contributed by atoms with Crippen LogP contribution in [0.5, 0.6) is 0 Å². The molecule has 1 atom stereocenters. The highest BCUT2D eigenvalue weighted by atomic mass is 16.5. The van der Waals surface area contributed by atoms with Crippen molar-refractivity contribution in [3.63, 3.8) is 0 Å². The van der Waals surface area contributed by atoms with Crippen LogP contribution < -0.4 is 5.32 Å². The molecule has 0 aliphatic rings. The lowest BCUT2D eigenvalue weighted by Crippen LogP contribution is -2.31. The summed E-state index contributed by atoms with van der Waals surface area (Å²) >= 11 is 0. The molecule has 0 saturated heterocycles. The van der Waals surface area contributed by atoms with E-state index in [-0.39, 0.29) is 0 Å². The predicted molar refractivity (Wildman–Crippen MR) is 63.6 cm³/mol. The number of nitrogens with one attached hydrogen (secondary N) is 1. The van der Waals surface area contributed by atoms with E-state index in [0.29, 0.717) is 32.9 Å². The van der Waals surface area contributed by atoms with Crippen LogP contribution in [0.4, 0.5) is 0 Å². The van der Waals surface area contributed by atoms with Gasteiger partial charge in [-0.25, -0.2) is 0 Å². The zero-order chi connectivity index (χ0) is 12.5. The van der Waals surface area contributed by atoms with Crippen LogP contribution in [0, 0.1) is 0 Å². The van der Waals surface area contributed by atoms with E-state index >= 15 is 0 Å². The number of aromatic nitrogens is 2. The summed E-state index contributed by atoms with van der Waals surface area (Å²) in [6.45, 7) is 2.57. The van der Waals surface area contributed by atoms with Crippen molar-refractivity contribution in [3.8, 4) is 0 Å². The fraction of sp³-hybridized carbons (Fsp3) is 0.727. The third-order valence-electron chi connectivity index (χ3n) is 2.35. The quantitative estimate of drug-likeness (QED) is 0.574. The molecular weight excluding hydrogens is 222 g/mol. The van der Waals surface area contributed by atoms with Crippen LogP contribution in [0.25, 0.3) is 0 Å². The molecule has 0 aromatic carbocycles. The lowest BCUT2D eigenvalue weighted by atomic mass is 10.3. The highest BCUT2D eigenvalue weighted by Gasteiger charge is 2.04. The summed E-state index contributed by atoms with van der Waals surface area (Å²) in [6, 6.07) is 1.94. The number of aliphatic hydroxyl groups excluding tert-OH is 1. The van der Waals surface area contributed by atoms with Gasteiger partial charge in [-0.05, 0) is 6.07 Å². The van der Waals surface area contributed by atoms with E-state index in [9.17, 15) is 5.11 Å². The van der Waals surface area contributed by atoms with Gasteiger partial charge in [-0.1, -0.05) is 0 Å². The zero-order valence-corrected chi connectivity index (χ0v) is 10.4. The molecule has 0 saturated carbocycles. The third kappa shape index (κ3) is 5.78. The second-order valence-corrected chi connectivity index (χ2v) is 3.80. The summed E-state index contributed by atoms with van der Waals surface area (Å²) in [6.07, 6.45) is 1.25. The number of nitrogens with zero attached hydrogens (tertiary/aromatic N) is 2. The molecule has 2 N–H and O–H groups in total. The molecule has 0 radical (unpaired) electrons. The number of hydrogen-bond donors (Lipinski definition) is 2. The Balaban J connectivity index is 2.04. The molecule has 1 heterocycles. The second-order valence-electron chi connectivity index (χ2n) is 3.80. The van der Waals surface area contributed by atoms with E-state index in [4.69, 9.17) is 9.47 Å². The van der Waals surface area contributed by atoms with Crippen LogP contribution in [0.15, 0.2) is 12.3 Å². The lowest BCUT2D eigenvalue weighted by molar-refractivity contribution is 0.0137. The van der Waals surface area contributed by atoms with Crippen molar-refractivity contribution in [3.05, 3.63) is 18.0 Å². The second kappa shape index (κ2) is 8.19. The first kappa shape index (κ1) is 14.1. The number of aliphatic hydroxyl groups is 1. The average molecular weight is 243 g/mol. The Labute approximate surface area is 102 Å². The Morgan fingerprint density at radius 1 is 1.53 bits per heavy atom. The Morgan fingerprint density at radius 3 is 3.00 bits per heavy atom. The fourth-order valence-electron chi connectivity index (χ4n) is 1.36. The zero-order valence-electron chi connectivity index (χ0n) is 10.4. The standard InChI is InChI=1S/C11H21N3O3/c1-14-10(3-4-13-14)7-12-8-11(15)9-17-6-5-16-2/h3-4,11-12,15H,5-9H2,1-2H3. The highest BCUT2D eigenvalue weighted by molar-refractivity contribution is 4.99. The van der Waals surface area contributed by atoms with Crippen LogP contribution in [0.3, 0.4) is 0 Å². The molecule has 0 aliphatic heterocycles. The highest BCUT2D eigenvalue weighted by Crippen LogP contribution is 1.95. The molecule has 0 bridgehead atoms. The van der Waals surface area contributed by atoms with Crippen LogP contribution >= 0.6 is 0 Å². The molecule has 0 aliphatic carbocycles. The monoisotopic (exact) mass is 243 g/mol. The largest absolute Gasteiger partial charge is 0.389 e. The number of hydrogen-bond acceptors (Lipinski definition) is 5. The van der Waals surface area contributed by atoms with Crippen LogP contribution in [-0.2, 0) is 23.1 Å². The number of aryl methyl sites for hydroxylation is 1. The SMILES string of the molecule is COCCOCC(O)CNCc1ccnn1C. The molecule has 6 heteroatoms. The van der Waals surface area contributed by atoms with Crippen molar-refractivity contribution in [2.45, 2.75) is 12.6 Å². The Morgan fingerprint density at radius 2 is 2.35 bits per heavy atom. The minimum atomic E-state index is -0.500. The molecule has 1 aromatic rings. The van der Waals surface area contributed by atoms with Gasteiger partial charge in [-0.3, -0.25) is 4.68 Å². The van der Waals surface area contributed by atoms with Gasteiger partial charge in [-0.15, -0.1) is 0 Å². The van der Waals surface area contributed by atoms with Gasteiger partial charge in [0, 0.05) is 33.4 Å². The van der Waals surface area contributed by atoms with Gasteiger partial charge in [0.25, 0.3) is 0 Å². The van der Waals surface area contributed by atoms with Gasteiger partial charge in [-0.2, -0.15) is 5.10 Å². The van der Waals surface area contributed by atoms with Crippen molar-refractivity contribution >= 4 is 0 Å². The van der Waals surface area contributed by atoms with Crippen molar-refractivity contribution in [1.82, 2.24) is 15.1 Å².